The van der Waals surface area contributed by atoms with Gasteiger partial charge in [0.25, 0.3) is 5.91 Å². The Morgan fingerprint density at radius 1 is 1.23 bits per heavy atom. The van der Waals surface area contributed by atoms with Crippen LogP contribution in [0.3, 0.4) is 0 Å². The predicted molar refractivity (Wildman–Crippen MR) is 78.8 cm³/mol. The Morgan fingerprint density at radius 3 is 2.77 bits per heavy atom. The van der Waals surface area contributed by atoms with Crippen molar-refractivity contribution in [3.8, 4) is 5.82 Å². The summed E-state index contributed by atoms with van der Waals surface area (Å²) in [6.45, 7) is 0.356. The second-order valence-electron chi connectivity index (χ2n) is 4.60. The minimum atomic E-state index is -0.359. The van der Waals surface area contributed by atoms with Crippen LogP contribution >= 0.6 is 0 Å². The number of aromatic nitrogens is 5. The zero-order chi connectivity index (χ0) is 15.4. The Bertz CT molecular complexity index is 818. The van der Waals surface area contributed by atoms with Crippen LogP contribution in [-0.2, 0) is 6.42 Å². The van der Waals surface area contributed by atoms with E-state index in [1.165, 1.54) is 0 Å². The van der Waals surface area contributed by atoms with Gasteiger partial charge in [-0.25, -0.2) is 14.9 Å². The van der Waals surface area contributed by atoms with Crippen molar-refractivity contribution in [3.63, 3.8) is 0 Å². The van der Waals surface area contributed by atoms with Crippen molar-refractivity contribution >= 4 is 5.91 Å². The number of amides is 1. The number of aromatic amines is 2. The molecule has 0 aliphatic rings. The monoisotopic (exact) mass is 298 g/mol. The number of carbonyl (C=O) groups is 1. The van der Waals surface area contributed by atoms with E-state index in [1.807, 2.05) is 35.2 Å². The lowest BCUT2D eigenvalue weighted by atomic mass is 10.3. The van der Waals surface area contributed by atoms with Gasteiger partial charge in [0, 0.05) is 25.4 Å². The molecule has 0 fully saturated rings. The lowest BCUT2D eigenvalue weighted by Crippen LogP contribution is -2.27. The molecule has 22 heavy (non-hydrogen) atoms. The molecule has 0 saturated heterocycles. The fraction of sp³-hybridized carbons (Fsp3) is 0.143. The van der Waals surface area contributed by atoms with Crippen molar-refractivity contribution in [2.75, 3.05) is 6.54 Å². The van der Waals surface area contributed by atoms with E-state index in [0.29, 0.717) is 30.3 Å². The van der Waals surface area contributed by atoms with Crippen molar-refractivity contribution in [1.82, 2.24) is 30.0 Å². The minimum absolute atomic E-state index is 0.271. The van der Waals surface area contributed by atoms with Crippen molar-refractivity contribution in [3.05, 3.63) is 64.7 Å². The molecule has 0 aliphatic heterocycles. The maximum Gasteiger partial charge on any atom is 0.340 e. The van der Waals surface area contributed by atoms with Gasteiger partial charge in [0.1, 0.15) is 17.3 Å². The van der Waals surface area contributed by atoms with E-state index >= 15 is 0 Å². The zero-order valence-electron chi connectivity index (χ0n) is 11.6. The van der Waals surface area contributed by atoms with Gasteiger partial charge in [-0.05, 0) is 24.3 Å². The standard InChI is InChI=1S/C14H14N6O2/c21-13(15-7-6-11-17-14(22)19-18-11)10-4-3-5-12(16-10)20-8-1-2-9-20/h1-5,8-9H,6-7H2,(H,15,21)(H2,17,18,19,22). The van der Waals surface area contributed by atoms with E-state index in [2.05, 4.69) is 25.5 Å². The highest BCUT2D eigenvalue weighted by Crippen LogP contribution is 2.06. The van der Waals surface area contributed by atoms with Gasteiger partial charge in [-0.15, -0.1) is 0 Å². The number of hydrogen-bond acceptors (Lipinski definition) is 4. The van der Waals surface area contributed by atoms with Crippen LogP contribution in [0.5, 0.6) is 0 Å². The molecule has 0 spiro atoms. The van der Waals surface area contributed by atoms with Crippen LogP contribution in [0.1, 0.15) is 16.3 Å². The van der Waals surface area contributed by atoms with Gasteiger partial charge in [-0.3, -0.25) is 9.78 Å². The summed E-state index contributed by atoms with van der Waals surface area (Å²) in [5.41, 5.74) is -0.0239. The quantitative estimate of drug-likeness (QED) is 0.627. The van der Waals surface area contributed by atoms with Gasteiger partial charge in [-0.2, -0.15) is 5.10 Å². The molecule has 1 amide bonds. The first-order valence-corrected chi connectivity index (χ1v) is 6.74. The molecule has 0 radical (unpaired) electrons. The largest absolute Gasteiger partial charge is 0.350 e. The average molecular weight is 298 g/mol. The lowest BCUT2D eigenvalue weighted by molar-refractivity contribution is 0.0949. The number of H-pyrrole nitrogens is 2. The highest BCUT2D eigenvalue weighted by atomic mass is 16.2. The molecule has 0 bridgehead atoms. The van der Waals surface area contributed by atoms with Crippen molar-refractivity contribution in [2.45, 2.75) is 6.42 Å². The molecule has 3 aromatic heterocycles. The van der Waals surface area contributed by atoms with E-state index in [9.17, 15) is 9.59 Å². The first-order chi connectivity index (χ1) is 10.7. The van der Waals surface area contributed by atoms with Crippen LogP contribution in [-0.4, -0.2) is 37.2 Å². The maximum absolute atomic E-state index is 12.1. The van der Waals surface area contributed by atoms with E-state index in [-0.39, 0.29) is 11.6 Å². The topological polar surface area (TPSA) is 108 Å². The summed E-state index contributed by atoms with van der Waals surface area (Å²) in [5, 5.41) is 8.79. The highest BCUT2D eigenvalue weighted by Gasteiger charge is 2.08. The molecular weight excluding hydrogens is 284 g/mol. The molecule has 0 unspecified atom stereocenters. The third-order valence-electron chi connectivity index (χ3n) is 3.03. The van der Waals surface area contributed by atoms with Crippen molar-refractivity contribution < 1.29 is 4.79 Å². The number of rotatable bonds is 5. The molecule has 0 atom stereocenters. The SMILES string of the molecule is O=C(NCCc1n[nH]c(=O)[nH]1)c1cccc(-n2cccc2)n1. The van der Waals surface area contributed by atoms with E-state index in [1.54, 1.807) is 12.1 Å². The fourth-order valence-electron chi connectivity index (χ4n) is 1.99. The van der Waals surface area contributed by atoms with E-state index in [4.69, 9.17) is 0 Å². The molecule has 3 aromatic rings. The van der Waals surface area contributed by atoms with Gasteiger partial charge >= 0.3 is 5.69 Å². The summed E-state index contributed by atoms with van der Waals surface area (Å²) in [4.78, 5) is 29.8. The van der Waals surface area contributed by atoms with Crippen LogP contribution in [0.2, 0.25) is 0 Å². The predicted octanol–water partition coefficient (Wildman–Crippen LogP) is 0.256. The smallest absolute Gasteiger partial charge is 0.340 e. The molecule has 0 aliphatic carbocycles. The Kier molecular flexibility index (Phi) is 3.82. The molecular formula is C14H14N6O2. The minimum Gasteiger partial charge on any atom is -0.350 e. The van der Waals surface area contributed by atoms with Gasteiger partial charge in [0.05, 0.1) is 0 Å². The summed E-state index contributed by atoms with van der Waals surface area (Å²) in [7, 11) is 0. The molecule has 112 valence electrons. The third-order valence-corrected chi connectivity index (χ3v) is 3.03. The van der Waals surface area contributed by atoms with Gasteiger partial charge in [-0.1, -0.05) is 6.07 Å². The molecule has 3 rings (SSSR count). The molecule has 3 heterocycles. The molecule has 8 nitrogen and oxygen atoms in total. The summed E-state index contributed by atoms with van der Waals surface area (Å²) in [5.74, 6) is 0.903. The number of pyridine rings is 1. The van der Waals surface area contributed by atoms with E-state index in [0.717, 1.165) is 0 Å². The summed E-state index contributed by atoms with van der Waals surface area (Å²) in [6, 6.07) is 9.03. The third kappa shape index (κ3) is 3.11. The summed E-state index contributed by atoms with van der Waals surface area (Å²) < 4.78 is 1.82. The first-order valence-electron chi connectivity index (χ1n) is 6.74. The molecule has 0 aromatic carbocycles. The zero-order valence-corrected chi connectivity index (χ0v) is 11.6. The van der Waals surface area contributed by atoms with Gasteiger partial charge < -0.3 is 9.88 Å². The summed E-state index contributed by atoms with van der Waals surface area (Å²) >= 11 is 0. The van der Waals surface area contributed by atoms with Crippen LogP contribution < -0.4 is 11.0 Å². The number of carbonyl (C=O) groups excluding carboxylic acids is 1. The second kappa shape index (κ2) is 6.08. The molecule has 0 saturated carbocycles. The van der Waals surface area contributed by atoms with Crippen LogP contribution in [0.4, 0.5) is 0 Å². The fourth-order valence-corrected chi connectivity index (χ4v) is 1.99. The van der Waals surface area contributed by atoms with Gasteiger partial charge in [0.15, 0.2) is 0 Å². The maximum atomic E-state index is 12.1. The Hall–Kier alpha value is -3.16. The first kappa shape index (κ1) is 13.8. The average Bonchev–Trinajstić information content (AvgIpc) is 3.19. The van der Waals surface area contributed by atoms with Crippen LogP contribution in [0, 0.1) is 0 Å². The van der Waals surface area contributed by atoms with Crippen molar-refractivity contribution in [1.29, 1.82) is 0 Å². The highest BCUT2D eigenvalue weighted by molar-refractivity contribution is 5.92. The Labute approximate surface area is 125 Å². The van der Waals surface area contributed by atoms with E-state index < -0.39 is 0 Å². The number of nitrogens with one attached hydrogen (secondary N) is 3. The Balaban J connectivity index is 1.62. The lowest BCUT2D eigenvalue weighted by Gasteiger charge is -2.06. The molecule has 8 heteroatoms. The normalized spacial score (nSPS) is 10.5. The number of nitrogens with zero attached hydrogens (tertiary/aromatic N) is 3. The number of hydrogen-bond donors (Lipinski definition) is 3. The van der Waals surface area contributed by atoms with Gasteiger partial charge in [0.2, 0.25) is 0 Å². The molecule has 3 N–H and O–H groups in total. The van der Waals surface area contributed by atoms with Crippen LogP contribution in [0.15, 0.2) is 47.5 Å². The Morgan fingerprint density at radius 2 is 2.05 bits per heavy atom. The van der Waals surface area contributed by atoms with Crippen molar-refractivity contribution in [2.24, 2.45) is 0 Å². The second-order valence-corrected chi connectivity index (χ2v) is 4.60. The van der Waals surface area contributed by atoms with Crippen LogP contribution in [0.25, 0.3) is 5.82 Å². The summed E-state index contributed by atoms with van der Waals surface area (Å²) in [6.07, 6.45) is 4.15.